The molecule has 0 unspecified atom stereocenters. The van der Waals surface area contributed by atoms with Crippen molar-refractivity contribution in [2.75, 3.05) is 0 Å². The van der Waals surface area contributed by atoms with Crippen LogP contribution in [0, 0.1) is 45.4 Å². The Hall–Kier alpha value is -2.18. The maximum absolute atomic E-state index is 13.1. The first-order valence-corrected chi connectivity index (χ1v) is 10.8. The first kappa shape index (κ1) is 21.5. The van der Waals surface area contributed by atoms with Crippen LogP contribution in [0.15, 0.2) is 53.4 Å². The Labute approximate surface area is 173 Å². The Morgan fingerprint density at radius 2 is 1.59 bits per heavy atom. The minimum atomic E-state index is -3.85. The molecule has 5 radical (unpaired) electrons. The Morgan fingerprint density at radius 3 is 2.17 bits per heavy atom. The zero-order chi connectivity index (χ0) is 21.0. The lowest BCUT2D eigenvalue weighted by Gasteiger charge is -2.32. The number of hydrogen-bond donors (Lipinski definition) is 1. The molecule has 5 nitrogen and oxygen atoms in total. The molecule has 1 fully saturated rings. The molecule has 0 aromatic heterocycles. The lowest BCUT2D eigenvalue weighted by molar-refractivity contribution is -0.147. The molecular weight excluding hydrogens is 386 g/mol. The second kappa shape index (κ2) is 9.09. The van der Waals surface area contributed by atoms with Crippen molar-refractivity contribution in [3.05, 3.63) is 96.8 Å². The lowest BCUT2D eigenvalue weighted by Crippen LogP contribution is -2.44. The first-order chi connectivity index (χ1) is 13.8. The van der Waals surface area contributed by atoms with Gasteiger partial charge in [-0.3, -0.25) is 4.79 Å². The largest absolute Gasteiger partial charge is 0.456 e. The van der Waals surface area contributed by atoms with E-state index in [2.05, 4.69) is 4.72 Å². The predicted octanol–water partition coefficient (Wildman–Crippen LogP) is 3.66. The van der Waals surface area contributed by atoms with E-state index in [0.717, 1.165) is 22.6 Å². The highest BCUT2D eigenvalue weighted by Gasteiger charge is 2.39. The maximum atomic E-state index is 13.1. The molecule has 29 heavy (non-hydrogen) atoms. The number of sulfonamides is 1. The van der Waals surface area contributed by atoms with Crippen LogP contribution in [-0.2, 0) is 19.6 Å². The molecule has 1 aliphatic rings. The van der Waals surface area contributed by atoms with Crippen molar-refractivity contribution in [1.29, 1.82) is 0 Å². The van der Waals surface area contributed by atoms with Gasteiger partial charge in [0.15, 0.2) is 0 Å². The van der Waals surface area contributed by atoms with Crippen molar-refractivity contribution in [2.24, 2.45) is 0 Å². The molecule has 1 saturated carbocycles. The minimum Gasteiger partial charge on any atom is -0.456 e. The fourth-order valence-electron chi connectivity index (χ4n) is 3.25. The molecule has 0 saturated heterocycles. The molecule has 2 atom stereocenters. The first-order valence-electron chi connectivity index (χ1n) is 9.31. The van der Waals surface area contributed by atoms with E-state index >= 15 is 0 Å². The quantitative estimate of drug-likeness (QED) is 0.707. The third kappa shape index (κ3) is 5.25. The van der Waals surface area contributed by atoms with Crippen molar-refractivity contribution in [1.82, 2.24) is 4.72 Å². The third-order valence-electron chi connectivity index (χ3n) is 4.75. The Morgan fingerprint density at radius 1 is 0.966 bits per heavy atom. The van der Waals surface area contributed by atoms with Crippen molar-refractivity contribution in [3.63, 3.8) is 0 Å². The summed E-state index contributed by atoms with van der Waals surface area (Å²) in [6.07, 6.45) is 6.47. The number of nitrogens with one attached hydrogen (secondary N) is 1. The van der Waals surface area contributed by atoms with Crippen molar-refractivity contribution >= 4 is 16.0 Å². The van der Waals surface area contributed by atoms with Crippen LogP contribution in [0.3, 0.4) is 0 Å². The SMILES string of the molecule is CC(=O)O[C@@H](c1ccccc1C)[C@H](NS(=O)(=O)c1ccc(C)cc1)[C]1[CH][CH][CH][CH]1. The maximum Gasteiger partial charge on any atom is 0.303 e. The molecule has 6 heteroatoms. The number of esters is 1. The molecule has 0 amide bonds. The molecule has 151 valence electrons. The molecular formula is C23H24NO4S. The number of rotatable bonds is 7. The number of hydrogen-bond acceptors (Lipinski definition) is 4. The van der Waals surface area contributed by atoms with Gasteiger partial charge in [0.1, 0.15) is 6.10 Å². The third-order valence-corrected chi connectivity index (χ3v) is 6.21. The summed E-state index contributed by atoms with van der Waals surface area (Å²) in [5.41, 5.74) is 2.62. The van der Waals surface area contributed by atoms with E-state index in [4.69, 9.17) is 4.74 Å². The van der Waals surface area contributed by atoms with Gasteiger partial charge < -0.3 is 4.74 Å². The molecule has 1 N–H and O–H groups in total. The highest BCUT2D eigenvalue weighted by Crippen LogP contribution is 2.37. The van der Waals surface area contributed by atoms with Crippen molar-refractivity contribution < 1.29 is 17.9 Å². The average molecular weight is 411 g/mol. The van der Waals surface area contributed by atoms with E-state index in [1.807, 2.05) is 63.8 Å². The summed E-state index contributed by atoms with van der Waals surface area (Å²) in [6.45, 7) is 5.12. The van der Waals surface area contributed by atoms with E-state index in [-0.39, 0.29) is 4.90 Å². The van der Waals surface area contributed by atoms with Gasteiger partial charge in [0, 0.05) is 12.8 Å². The van der Waals surface area contributed by atoms with Gasteiger partial charge in [-0.1, -0.05) is 42.0 Å². The van der Waals surface area contributed by atoms with Gasteiger partial charge >= 0.3 is 5.97 Å². The zero-order valence-corrected chi connectivity index (χ0v) is 17.4. The normalized spacial score (nSPS) is 17.1. The minimum absolute atomic E-state index is 0.158. The van der Waals surface area contributed by atoms with Crippen LogP contribution in [-0.4, -0.2) is 20.4 Å². The van der Waals surface area contributed by atoms with Gasteiger partial charge in [0.05, 0.1) is 10.9 Å². The van der Waals surface area contributed by atoms with Gasteiger partial charge in [-0.25, -0.2) is 13.1 Å². The number of ether oxygens (including phenoxy) is 1. The van der Waals surface area contributed by atoms with E-state index in [9.17, 15) is 13.2 Å². The summed E-state index contributed by atoms with van der Waals surface area (Å²) in [4.78, 5) is 12.0. The second-order valence-corrected chi connectivity index (χ2v) is 8.73. The van der Waals surface area contributed by atoms with Gasteiger partial charge in [0.25, 0.3) is 0 Å². The Kier molecular flexibility index (Phi) is 6.75. The second-order valence-electron chi connectivity index (χ2n) is 7.02. The molecule has 0 aliphatic heterocycles. The summed E-state index contributed by atoms with van der Waals surface area (Å²) in [7, 11) is -3.85. The topological polar surface area (TPSA) is 72.5 Å². The Balaban J connectivity index is 2.01. The molecule has 1 aliphatic carbocycles. The molecule has 2 aromatic rings. The summed E-state index contributed by atoms with van der Waals surface area (Å²) in [5, 5.41) is 0. The monoisotopic (exact) mass is 410 g/mol. The van der Waals surface area contributed by atoms with Crippen LogP contribution in [0.1, 0.15) is 29.7 Å². The highest BCUT2D eigenvalue weighted by atomic mass is 32.2. The number of carbonyl (C=O) groups excluding carboxylic acids is 1. The van der Waals surface area contributed by atoms with Crippen LogP contribution in [0.5, 0.6) is 0 Å². The van der Waals surface area contributed by atoms with Gasteiger partial charge in [-0.15, -0.1) is 0 Å². The van der Waals surface area contributed by atoms with Crippen LogP contribution < -0.4 is 4.72 Å². The Bertz CT molecular complexity index is 947. The molecule has 2 aromatic carbocycles. The predicted molar refractivity (Wildman–Crippen MR) is 111 cm³/mol. The van der Waals surface area contributed by atoms with E-state index in [1.54, 1.807) is 24.3 Å². The molecule has 0 spiro atoms. The smallest absolute Gasteiger partial charge is 0.303 e. The van der Waals surface area contributed by atoms with Crippen molar-refractivity contribution in [2.45, 2.75) is 37.8 Å². The van der Waals surface area contributed by atoms with Crippen LogP contribution >= 0.6 is 0 Å². The lowest BCUT2D eigenvalue weighted by atomic mass is 9.88. The fourth-order valence-corrected chi connectivity index (χ4v) is 4.47. The zero-order valence-electron chi connectivity index (χ0n) is 16.6. The fraction of sp³-hybridized carbons (Fsp3) is 0.217. The van der Waals surface area contributed by atoms with Crippen LogP contribution in [0.2, 0.25) is 0 Å². The highest BCUT2D eigenvalue weighted by molar-refractivity contribution is 7.89. The van der Waals surface area contributed by atoms with Gasteiger partial charge in [0.2, 0.25) is 10.0 Å². The number of benzene rings is 2. The summed E-state index contributed by atoms with van der Waals surface area (Å²) in [6, 6.07) is 13.3. The summed E-state index contributed by atoms with van der Waals surface area (Å²) >= 11 is 0. The van der Waals surface area contributed by atoms with Crippen LogP contribution in [0.4, 0.5) is 0 Å². The summed E-state index contributed by atoms with van der Waals surface area (Å²) < 4.78 is 34.6. The molecule has 0 heterocycles. The van der Waals surface area contributed by atoms with E-state index in [1.165, 1.54) is 6.92 Å². The van der Waals surface area contributed by atoms with Gasteiger partial charge in [-0.2, -0.15) is 0 Å². The number of carbonyl (C=O) groups is 1. The average Bonchev–Trinajstić information content (AvgIpc) is 3.20. The van der Waals surface area contributed by atoms with Crippen LogP contribution in [0.25, 0.3) is 0 Å². The van der Waals surface area contributed by atoms with Crippen molar-refractivity contribution in [3.8, 4) is 0 Å². The standard InChI is InChI=1S/C23H24NO4S/c1-16-12-14-20(15-13-16)29(26,27)24-22(19-9-5-6-10-19)23(28-18(3)25)21-11-7-4-8-17(21)2/h4-15,22-24H,1-3H3/t22-,23+/m1/s1. The molecule has 3 rings (SSSR count). The van der Waals surface area contributed by atoms with Gasteiger partial charge in [-0.05, 0) is 62.8 Å². The molecule has 0 bridgehead atoms. The summed E-state index contributed by atoms with van der Waals surface area (Å²) in [5.74, 6) is 0.236. The van der Waals surface area contributed by atoms with E-state index < -0.39 is 28.1 Å². The van der Waals surface area contributed by atoms with E-state index in [0.29, 0.717) is 0 Å². The number of aryl methyl sites for hydroxylation is 2.